The number of nitrogens with one attached hydrogen (secondary N) is 1. The quantitative estimate of drug-likeness (QED) is 0.502. The van der Waals surface area contributed by atoms with Crippen LogP contribution in [0.3, 0.4) is 0 Å². The van der Waals surface area contributed by atoms with Gasteiger partial charge in [0.1, 0.15) is 11.3 Å². The molecule has 1 saturated carbocycles. The number of aromatic nitrogens is 4. The third-order valence-corrected chi connectivity index (χ3v) is 4.91. The molecule has 0 spiro atoms. The summed E-state index contributed by atoms with van der Waals surface area (Å²) in [5, 5.41) is 14.2. The molecule has 0 unspecified atom stereocenters. The van der Waals surface area contributed by atoms with Gasteiger partial charge in [-0.3, -0.25) is 4.79 Å². The van der Waals surface area contributed by atoms with Crippen molar-refractivity contribution in [1.29, 1.82) is 0 Å². The number of hydrogen-bond acceptors (Lipinski definition) is 7. The van der Waals surface area contributed by atoms with Gasteiger partial charge < -0.3 is 14.8 Å². The number of tetrazole rings is 1. The maximum atomic E-state index is 12.5. The van der Waals surface area contributed by atoms with E-state index in [0.717, 1.165) is 17.3 Å². The summed E-state index contributed by atoms with van der Waals surface area (Å²) in [7, 11) is 0. The highest BCUT2D eigenvalue weighted by molar-refractivity contribution is 9.10. The second kappa shape index (κ2) is 9.04. The molecule has 1 fully saturated rings. The molecule has 1 N–H and O–H groups in total. The molecule has 0 aliphatic heterocycles. The lowest BCUT2D eigenvalue weighted by Gasteiger charge is -2.11. The van der Waals surface area contributed by atoms with Gasteiger partial charge in [-0.25, -0.2) is 9.48 Å². The number of halogens is 1. The molecule has 30 heavy (non-hydrogen) atoms. The first-order chi connectivity index (χ1) is 14.6. The molecule has 3 aromatic rings. The van der Waals surface area contributed by atoms with E-state index < -0.39 is 5.97 Å². The van der Waals surface area contributed by atoms with Crippen LogP contribution in [0.1, 0.15) is 35.1 Å². The van der Waals surface area contributed by atoms with Gasteiger partial charge in [-0.1, -0.05) is 28.1 Å². The molecule has 2 aromatic carbocycles. The van der Waals surface area contributed by atoms with E-state index in [2.05, 4.69) is 36.8 Å². The molecule has 0 bridgehead atoms. The highest BCUT2D eigenvalue weighted by atomic mass is 79.9. The Morgan fingerprint density at radius 3 is 2.67 bits per heavy atom. The molecule has 9 nitrogen and oxygen atoms in total. The minimum atomic E-state index is -0.579. The average Bonchev–Trinajstić information content (AvgIpc) is 3.50. The van der Waals surface area contributed by atoms with Gasteiger partial charge in [0.25, 0.3) is 5.91 Å². The smallest absolute Gasteiger partial charge is 0.342 e. The molecule has 0 atom stereocenters. The highest BCUT2D eigenvalue weighted by Gasteiger charge is 2.28. The number of rotatable bonds is 8. The van der Waals surface area contributed by atoms with Crippen molar-refractivity contribution in [3.05, 3.63) is 64.4 Å². The fourth-order valence-electron chi connectivity index (χ4n) is 2.75. The molecular formula is C20H18BrN5O4. The summed E-state index contributed by atoms with van der Waals surface area (Å²) in [6.07, 6.45) is 2.04. The zero-order valence-electron chi connectivity index (χ0n) is 15.8. The molecule has 154 valence electrons. The fraction of sp³-hybridized carbons (Fsp3) is 0.250. The van der Waals surface area contributed by atoms with Crippen molar-refractivity contribution in [1.82, 2.24) is 20.2 Å². The summed E-state index contributed by atoms with van der Waals surface area (Å²) >= 11 is 3.34. The van der Waals surface area contributed by atoms with Crippen LogP contribution in [-0.2, 0) is 16.1 Å². The number of esters is 1. The van der Waals surface area contributed by atoms with Crippen molar-refractivity contribution in [2.24, 2.45) is 0 Å². The summed E-state index contributed by atoms with van der Waals surface area (Å²) < 4.78 is 13.5. The van der Waals surface area contributed by atoms with Crippen LogP contribution in [0.5, 0.6) is 5.75 Å². The van der Waals surface area contributed by atoms with Crippen LogP contribution in [-0.4, -0.2) is 38.7 Å². The van der Waals surface area contributed by atoms with Gasteiger partial charge in [-0.05, 0) is 59.7 Å². The maximum absolute atomic E-state index is 12.5. The number of benzene rings is 2. The molecule has 0 saturated heterocycles. The number of anilines is 1. The van der Waals surface area contributed by atoms with Crippen molar-refractivity contribution in [2.75, 3.05) is 11.9 Å². The molecule has 10 heteroatoms. The predicted molar refractivity (Wildman–Crippen MR) is 110 cm³/mol. The van der Waals surface area contributed by atoms with Gasteiger partial charge in [-0.15, -0.1) is 5.10 Å². The van der Waals surface area contributed by atoms with Crippen LogP contribution in [0.4, 0.5) is 5.69 Å². The predicted octanol–water partition coefficient (Wildman–Crippen LogP) is 3.15. The Hall–Kier alpha value is -3.27. The largest absolute Gasteiger partial charge is 0.483 e. The Morgan fingerprint density at radius 1 is 1.13 bits per heavy atom. The normalized spacial score (nSPS) is 13.0. The van der Waals surface area contributed by atoms with Crippen LogP contribution in [0.2, 0.25) is 0 Å². The Bertz CT molecular complexity index is 1050. The summed E-state index contributed by atoms with van der Waals surface area (Å²) in [6.45, 7) is -0.291. The third kappa shape index (κ3) is 5.01. The van der Waals surface area contributed by atoms with Crippen molar-refractivity contribution in [2.45, 2.75) is 25.5 Å². The minimum absolute atomic E-state index is 0.0410. The van der Waals surface area contributed by atoms with Crippen molar-refractivity contribution < 1.29 is 19.1 Å². The van der Waals surface area contributed by atoms with Crippen LogP contribution >= 0.6 is 15.9 Å². The molecular weight excluding hydrogens is 454 g/mol. The summed E-state index contributed by atoms with van der Waals surface area (Å²) in [5.41, 5.74) is 0.868. The first-order valence-electron chi connectivity index (χ1n) is 9.31. The van der Waals surface area contributed by atoms with Crippen molar-refractivity contribution >= 4 is 33.5 Å². The molecule has 0 radical (unpaired) electrons. The van der Waals surface area contributed by atoms with Crippen LogP contribution in [0.25, 0.3) is 0 Å². The lowest BCUT2D eigenvalue weighted by atomic mass is 10.2. The van der Waals surface area contributed by atoms with E-state index in [4.69, 9.17) is 9.47 Å². The average molecular weight is 472 g/mol. The van der Waals surface area contributed by atoms with Gasteiger partial charge >= 0.3 is 5.97 Å². The minimum Gasteiger partial charge on any atom is -0.483 e. The molecule has 1 amide bonds. The monoisotopic (exact) mass is 471 g/mol. The molecule has 1 aliphatic carbocycles. The number of carbonyl (C=O) groups is 2. The molecule has 1 aromatic heterocycles. The molecule has 1 heterocycles. The molecule has 1 aliphatic rings. The van der Waals surface area contributed by atoms with Gasteiger partial charge in [0.05, 0.1) is 6.04 Å². The summed E-state index contributed by atoms with van der Waals surface area (Å²) in [5.74, 6) is -0.165. The Labute approximate surface area is 180 Å². The number of ether oxygens (including phenoxy) is 2. The topological polar surface area (TPSA) is 108 Å². The lowest BCUT2D eigenvalue weighted by molar-refractivity contribution is -0.118. The van der Waals surface area contributed by atoms with E-state index in [1.165, 1.54) is 0 Å². The van der Waals surface area contributed by atoms with E-state index in [0.29, 0.717) is 11.5 Å². The summed E-state index contributed by atoms with van der Waals surface area (Å²) in [6, 6.07) is 14.1. The van der Waals surface area contributed by atoms with Crippen LogP contribution < -0.4 is 10.1 Å². The number of hydrogen-bond donors (Lipinski definition) is 1. The second-order valence-electron chi connectivity index (χ2n) is 6.69. The Balaban J connectivity index is 1.34. The van der Waals surface area contributed by atoms with Crippen LogP contribution in [0.15, 0.2) is 53.0 Å². The fourth-order valence-corrected chi connectivity index (χ4v) is 3.02. The Morgan fingerprint density at radius 2 is 1.90 bits per heavy atom. The maximum Gasteiger partial charge on any atom is 0.342 e. The zero-order valence-corrected chi connectivity index (χ0v) is 17.4. The van der Waals surface area contributed by atoms with Gasteiger partial charge in [0.2, 0.25) is 0 Å². The SMILES string of the molecule is O=C(COc1ccccc1C(=O)OCc1nnnn1C1CC1)Nc1ccc(Br)cc1. The van der Waals surface area contributed by atoms with Gasteiger partial charge in [0, 0.05) is 10.2 Å². The van der Waals surface area contributed by atoms with Crippen molar-refractivity contribution in [3.8, 4) is 5.75 Å². The third-order valence-electron chi connectivity index (χ3n) is 4.38. The van der Waals surface area contributed by atoms with Crippen molar-refractivity contribution in [3.63, 3.8) is 0 Å². The van der Waals surface area contributed by atoms with Gasteiger partial charge in [-0.2, -0.15) is 0 Å². The van der Waals surface area contributed by atoms with E-state index >= 15 is 0 Å². The Kier molecular flexibility index (Phi) is 6.03. The number of para-hydroxylation sites is 1. The lowest BCUT2D eigenvalue weighted by Crippen LogP contribution is -2.21. The standard InChI is InChI=1S/C20H18BrN5O4/c21-13-5-7-14(8-6-13)22-19(27)12-29-17-4-2-1-3-16(17)20(28)30-11-18-23-24-25-26(18)15-9-10-15/h1-8,15H,9-12H2,(H,22,27). The second-order valence-corrected chi connectivity index (χ2v) is 7.60. The van der Waals surface area contributed by atoms with E-state index in [1.807, 2.05) is 12.1 Å². The summed E-state index contributed by atoms with van der Waals surface area (Å²) in [4.78, 5) is 24.7. The number of nitrogens with zero attached hydrogens (tertiary/aromatic N) is 4. The van der Waals surface area contributed by atoms with Crippen LogP contribution in [0, 0.1) is 0 Å². The first-order valence-corrected chi connectivity index (χ1v) is 10.1. The van der Waals surface area contributed by atoms with E-state index in [-0.39, 0.29) is 36.5 Å². The van der Waals surface area contributed by atoms with Gasteiger partial charge in [0.15, 0.2) is 19.0 Å². The van der Waals surface area contributed by atoms with E-state index in [9.17, 15) is 9.59 Å². The molecule has 4 rings (SSSR count). The number of amides is 1. The van der Waals surface area contributed by atoms with E-state index in [1.54, 1.807) is 41.1 Å². The first kappa shape index (κ1) is 20.0. The highest BCUT2D eigenvalue weighted by Crippen LogP contribution is 2.34. The number of carbonyl (C=O) groups excluding carboxylic acids is 2. The zero-order chi connectivity index (χ0) is 20.9.